The molecule has 0 rings (SSSR count). The van der Waals surface area contributed by atoms with Crippen LogP contribution in [-0.4, -0.2) is 23.7 Å². The second kappa shape index (κ2) is 2.89. The number of carbonyl (C=O) groups is 1. The van der Waals surface area contributed by atoms with Gasteiger partial charge in [0.25, 0.3) is 0 Å². The summed E-state index contributed by atoms with van der Waals surface area (Å²) in [5.74, 6) is 0. The van der Waals surface area contributed by atoms with Crippen LogP contribution in [0.5, 0.6) is 0 Å². The third-order valence-corrected chi connectivity index (χ3v) is 0.685. The van der Waals surface area contributed by atoms with Crippen LogP contribution in [0.4, 0.5) is 26.8 Å². The van der Waals surface area contributed by atoms with Gasteiger partial charge in [-0.15, -0.1) is 0 Å². The quantitative estimate of drug-likeness (QED) is 0.359. The molecule has 65 valence electrons. The van der Waals surface area contributed by atoms with Crippen molar-refractivity contribution in [1.29, 1.82) is 0 Å². The first-order chi connectivity index (χ1) is 4.80. The molecule has 0 aliphatic heterocycles. The highest BCUT2D eigenvalue weighted by Gasteiger charge is 2.52. The van der Waals surface area contributed by atoms with E-state index in [1.807, 2.05) is 0 Å². The van der Waals surface area contributed by atoms with E-state index >= 15 is 0 Å². The zero-order valence-corrected chi connectivity index (χ0v) is 4.73. The molecular weight excluding hydrogens is 177 g/mol. The van der Waals surface area contributed by atoms with Crippen LogP contribution >= 0.6 is 0 Å². The van der Waals surface area contributed by atoms with Gasteiger partial charge in [-0.3, -0.25) is 0 Å². The van der Waals surface area contributed by atoms with Gasteiger partial charge in [0.2, 0.25) is 0 Å². The molecule has 0 unspecified atom stereocenters. The molecule has 8 heteroatoms. The Labute approximate surface area is 56.9 Å². The van der Waals surface area contributed by atoms with Gasteiger partial charge in [-0.05, 0) is 0 Å². The van der Waals surface area contributed by atoms with Crippen molar-refractivity contribution in [2.75, 3.05) is 0 Å². The summed E-state index contributed by atoms with van der Waals surface area (Å²) in [5, 5.41) is 6.93. The number of amides is 1. The van der Waals surface area contributed by atoms with Crippen LogP contribution in [0, 0.1) is 0 Å². The summed E-state index contributed by atoms with van der Waals surface area (Å²) in [6.45, 7) is 0. The van der Waals surface area contributed by atoms with Crippen molar-refractivity contribution in [1.82, 2.24) is 5.12 Å². The fraction of sp³-hybridized carbons (Fsp3) is 0.667. The van der Waals surface area contributed by atoms with Crippen molar-refractivity contribution in [3.8, 4) is 0 Å². The van der Waals surface area contributed by atoms with Gasteiger partial charge in [-0.25, -0.2) is 18.7 Å². The first-order valence-electron chi connectivity index (χ1n) is 2.13. The van der Waals surface area contributed by atoms with E-state index in [0.717, 1.165) is 0 Å². The van der Waals surface area contributed by atoms with Gasteiger partial charge in [0, 0.05) is 0 Å². The normalized spacial score (nSPS) is 11.8. The number of hydrogen-bond donors (Lipinski definition) is 0. The number of carbonyl (C=O) groups excluding carboxylic acids is 1. The lowest BCUT2D eigenvalue weighted by Crippen LogP contribution is -2.44. The Kier molecular flexibility index (Phi) is 2.60. The largest absolute Gasteiger partial charge is 0.486 e. The Balaban J connectivity index is 4.41. The maximum atomic E-state index is 11.6. The molecule has 0 saturated heterocycles. The van der Waals surface area contributed by atoms with E-state index in [-0.39, 0.29) is 0 Å². The summed E-state index contributed by atoms with van der Waals surface area (Å²) in [7, 11) is 0. The third-order valence-electron chi connectivity index (χ3n) is 0.685. The fourth-order valence-electron chi connectivity index (χ4n) is 0.207. The van der Waals surface area contributed by atoms with E-state index in [4.69, 9.17) is 0 Å². The van der Waals surface area contributed by atoms with Crippen molar-refractivity contribution in [3.63, 3.8) is 0 Å². The topological polar surface area (TPSA) is 40.2 Å². The highest BCUT2D eigenvalue weighted by molar-refractivity contribution is 5.63. The minimum atomic E-state index is -5.35. The number of halogens is 5. The van der Waals surface area contributed by atoms with Crippen LogP contribution in [0.25, 0.3) is 0 Å². The van der Waals surface area contributed by atoms with Crippen LogP contribution in [-0.2, 0) is 5.11 Å². The predicted octanol–water partition coefficient (Wildman–Crippen LogP) is 1.58. The van der Waals surface area contributed by atoms with Crippen LogP contribution in [0.2, 0.25) is 0 Å². The van der Waals surface area contributed by atoms with E-state index in [0.29, 0.717) is 0 Å². The van der Waals surface area contributed by atoms with Gasteiger partial charge in [0.05, 0.1) is 0 Å². The van der Waals surface area contributed by atoms with Crippen molar-refractivity contribution in [3.05, 3.63) is 0 Å². The molecule has 0 heterocycles. The van der Waals surface area contributed by atoms with E-state index in [9.17, 15) is 31.9 Å². The molecule has 0 saturated carbocycles. The molecule has 1 radical (unpaired) electrons. The second-order valence-corrected chi connectivity index (χ2v) is 1.44. The van der Waals surface area contributed by atoms with Crippen molar-refractivity contribution in [2.24, 2.45) is 0 Å². The minimum Gasteiger partial charge on any atom is -0.217 e. The second-order valence-electron chi connectivity index (χ2n) is 1.44. The molecular formula is C3HF5NO2. The lowest BCUT2D eigenvalue weighted by molar-refractivity contribution is -0.271. The van der Waals surface area contributed by atoms with E-state index in [1.54, 1.807) is 0 Å². The summed E-state index contributed by atoms with van der Waals surface area (Å²) >= 11 is 0. The van der Waals surface area contributed by atoms with Crippen LogP contribution < -0.4 is 0 Å². The number of alkyl halides is 4. The first kappa shape index (κ1) is 9.92. The summed E-state index contributed by atoms with van der Waals surface area (Å²) in [6.07, 6.45) is -7.44. The third kappa shape index (κ3) is 1.92. The van der Waals surface area contributed by atoms with Gasteiger partial charge in [-0.2, -0.15) is 8.78 Å². The zero-order valence-electron chi connectivity index (χ0n) is 4.73. The number of nitrogens with zero attached hydrogens (tertiary/aromatic N) is 1. The van der Waals surface area contributed by atoms with E-state index in [1.165, 1.54) is 0 Å². The lowest BCUT2D eigenvalue weighted by atomic mass is 10.6. The Morgan fingerprint density at radius 1 is 1.36 bits per heavy atom. The summed E-state index contributed by atoms with van der Waals surface area (Å²) in [5.41, 5.74) is 0. The van der Waals surface area contributed by atoms with Crippen LogP contribution in [0.15, 0.2) is 0 Å². The number of hydrogen-bond acceptors (Lipinski definition) is 1. The maximum Gasteiger partial charge on any atom is 0.486 e. The van der Waals surface area contributed by atoms with Gasteiger partial charge in [0.15, 0.2) is 0 Å². The lowest BCUT2D eigenvalue weighted by Gasteiger charge is -2.17. The summed E-state index contributed by atoms with van der Waals surface area (Å²) < 4.78 is 56.8. The molecule has 0 aromatic rings. The molecule has 0 spiro atoms. The van der Waals surface area contributed by atoms with Crippen LogP contribution in [0.3, 0.4) is 0 Å². The summed E-state index contributed by atoms with van der Waals surface area (Å²) in [6, 6.07) is -5.35. The molecule has 0 N–H and O–H groups in total. The maximum absolute atomic E-state index is 11.6. The average Bonchev–Trinajstić information content (AvgIpc) is 1.85. The average molecular weight is 178 g/mol. The monoisotopic (exact) mass is 178 g/mol. The van der Waals surface area contributed by atoms with Crippen molar-refractivity contribution >= 4 is 6.09 Å². The first-order valence-corrected chi connectivity index (χ1v) is 2.13. The van der Waals surface area contributed by atoms with E-state index < -0.39 is 23.7 Å². The molecule has 1 amide bonds. The highest BCUT2D eigenvalue weighted by Crippen LogP contribution is 2.27. The predicted molar refractivity (Wildman–Crippen MR) is 20.0 cm³/mol. The SMILES string of the molecule is [O]C(=O)N(F)C(F)(F)C(F)F. The Bertz CT molecular complexity index is 160. The number of rotatable bonds is 2. The highest BCUT2D eigenvalue weighted by atomic mass is 19.3. The van der Waals surface area contributed by atoms with Crippen molar-refractivity contribution < 1.29 is 31.9 Å². The molecule has 0 aliphatic rings. The standard InChI is InChI=1S/C3HF5NO2/c4-1(5)3(6,7)9(8)2(10)11/h1H. The van der Waals surface area contributed by atoms with Gasteiger partial charge in [-0.1, -0.05) is 9.60 Å². The molecule has 0 fully saturated rings. The zero-order chi connectivity index (χ0) is 9.23. The molecule has 3 nitrogen and oxygen atoms in total. The molecule has 0 aliphatic carbocycles. The Morgan fingerprint density at radius 2 is 1.73 bits per heavy atom. The minimum absolute atomic E-state index is 2.35. The van der Waals surface area contributed by atoms with Crippen LogP contribution in [0.1, 0.15) is 0 Å². The van der Waals surface area contributed by atoms with Crippen molar-refractivity contribution in [2.45, 2.75) is 12.5 Å². The van der Waals surface area contributed by atoms with Gasteiger partial charge in [0.1, 0.15) is 0 Å². The Morgan fingerprint density at radius 3 is 1.82 bits per heavy atom. The molecule has 11 heavy (non-hydrogen) atoms. The smallest absolute Gasteiger partial charge is 0.217 e. The van der Waals surface area contributed by atoms with Gasteiger partial charge >= 0.3 is 18.6 Å². The van der Waals surface area contributed by atoms with E-state index in [2.05, 4.69) is 0 Å². The fourth-order valence-corrected chi connectivity index (χ4v) is 0.207. The molecule has 0 aromatic heterocycles. The summed E-state index contributed by atoms with van der Waals surface area (Å²) in [4.78, 5) is 9.28. The molecule has 0 aromatic carbocycles. The molecule has 0 bridgehead atoms. The van der Waals surface area contributed by atoms with Gasteiger partial charge < -0.3 is 0 Å². The molecule has 0 atom stereocenters. The Hall–Kier alpha value is -1.08.